The summed E-state index contributed by atoms with van der Waals surface area (Å²) in [6, 6.07) is -1.32. The molecule has 0 spiro atoms. The Morgan fingerprint density at radius 1 is 0.500 bits per heavy atom. The minimum Gasteiger partial charge on any atom is -0.481 e. The molecule has 0 saturated carbocycles. The van der Waals surface area contributed by atoms with Crippen LogP contribution in [-0.2, 0) is 28.8 Å². The minimum absolute atomic E-state index is 0.0670. The van der Waals surface area contributed by atoms with Crippen molar-refractivity contribution in [3.8, 4) is 0 Å². The zero-order valence-electron chi connectivity index (χ0n) is 24.6. The van der Waals surface area contributed by atoms with Gasteiger partial charge in [-0.3, -0.25) is 28.8 Å². The number of amides is 4. The molecule has 0 fully saturated rings. The van der Waals surface area contributed by atoms with Gasteiger partial charge in [-0.15, -0.1) is 0 Å². The van der Waals surface area contributed by atoms with Crippen molar-refractivity contribution in [3.63, 3.8) is 0 Å². The Labute approximate surface area is 237 Å². The van der Waals surface area contributed by atoms with Crippen LogP contribution in [0, 0.1) is 11.8 Å². The van der Waals surface area contributed by atoms with Crippen molar-refractivity contribution in [2.75, 3.05) is 13.1 Å². The van der Waals surface area contributed by atoms with E-state index in [0.717, 1.165) is 38.5 Å². The zero-order chi connectivity index (χ0) is 30.5. The van der Waals surface area contributed by atoms with Crippen LogP contribution in [-0.4, -0.2) is 71.0 Å². The van der Waals surface area contributed by atoms with Gasteiger partial charge in [-0.05, 0) is 37.5 Å². The van der Waals surface area contributed by atoms with Crippen LogP contribution >= 0.6 is 0 Å². The van der Waals surface area contributed by atoms with E-state index in [1.807, 2.05) is 27.7 Å². The van der Waals surface area contributed by atoms with E-state index in [0.29, 0.717) is 13.1 Å². The van der Waals surface area contributed by atoms with Crippen LogP contribution < -0.4 is 21.3 Å². The van der Waals surface area contributed by atoms with Gasteiger partial charge >= 0.3 is 11.9 Å². The first-order valence-electron chi connectivity index (χ1n) is 14.4. The third-order valence-electron chi connectivity index (χ3n) is 6.32. The van der Waals surface area contributed by atoms with Gasteiger partial charge in [-0.2, -0.15) is 0 Å². The largest absolute Gasteiger partial charge is 0.481 e. The summed E-state index contributed by atoms with van der Waals surface area (Å²) in [6.45, 7) is 8.38. The van der Waals surface area contributed by atoms with Gasteiger partial charge in [0.05, 0.1) is 0 Å². The topological polar surface area (TPSA) is 191 Å². The van der Waals surface area contributed by atoms with Crippen LogP contribution in [0.5, 0.6) is 0 Å². The quantitative estimate of drug-likeness (QED) is 0.101. The average molecular weight is 571 g/mol. The Bertz CT molecular complexity index is 750. The summed E-state index contributed by atoms with van der Waals surface area (Å²) in [5, 5.41) is 28.5. The van der Waals surface area contributed by atoms with Crippen LogP contribution in [0.25, 0.3) is 0 Å². The van der Waals surface area contributed by atoms with Gasteiger partial charge in [-0.1, -0.05) is 53.4 Å². The molecule has 0 rings (SSSR count). The van der Waals surface area contributed by atoms with Crippen LogP contribution in [0.1, 0.15) is 105 Å². The standard InChI is InChI=1S/C28H50N4O8/c1-19(2)25(31-21(33)13-11-15-23(35)36)27(39)29-17-9-7-5-6-8-10-18-30-28(40)26(20(3)4)32-22(34)14-12-16-24(37)38/h19-20,25-26H,5-18H2,1-4H3,(H,29,39)(H,30,40)(H,31,33)(H,32,34)(H,35,36)(H,37,38)/t25-,26-/m0/s1. The van der Waals surface area contributed by atoms with Crippen molar-refractivity contribution in [1.29, 1.82) is 0 Å². The lowest BCUT2D eigenvalue weighted by Gasteiger charge is -2.22. The molecule has 0 bridgehead atoms. The molecule has 0 unspecified atom stereocenters. The highest BCUT2D eigenvalue weighted by molar-refractivity contribution is 5.88. The van der Waals surface area contributed by atoms with Crippen molar-refractivity contribution in [3.05, 3.63) is 0 Å². The van der Waals surface area contributed by atoms with Crippen molar-refractivity contribution in [2.24, 2.45) is 11.8 Å². The number of carboxylic acids is 2. The molecule has 0 aliphatic heterocycles. The molecule has 6 N–H and O–H groups in total. The van der Waals surface area contributed by atoms with Crippen molar-refractivity contribution >= 4 is 35.6 Å². The normalized spacial score (nSPS) is 12.4. The molecule has 12 nitrogen and oxygen atoms in total. The van der Waals surface area contributed by atoms with Gasteiger partial charge in [0.15, 0.2) is 0 Å². The second-order valence-electron chi connectivity index (χ2n) is 10.8. The van der Waals surface area contributed by atoms with Crippen LogP contribution in [0.3, 0.4) is 0 Å². The molecule has 0 saturated heterocycles. The van der Waals surface area contributed by atoms with E-state index in [1.54, 1.807) is 0 Å². The molecule has 2 atom stereocenters. The predicted octanol–water partition coefficient (Wildman–Crippen LogP) is 2.35. The molecule has 0 aromatic heterocycles. The summed E-state index contributed by atoms with van der Waals surface area (Å²) >= 11 is 0. The zero-order valence-corrected chi connectivity index (χ0v) is 24.6. The molecule has 0 aliphatic carbocycles. The minimum atomic E-state index is -0.955. The monoisotopic (exact) mass is 570 g/mol. The maximum atomic E-state index is 12.5. The van der Waals surface area contributed by atoms with E-state index in [1.165, 1.54) is 0 Å². The molecule has 0 aromatic carbocycles. The number of carbonyl (C=O) groups is 6. The molecule has 0 aliphatic rings. The molecule has 4 amide bonds. The van der Waals surface area contributed by atoms with Crippen molar-refractivity contribution in [2.45, 2.75) is 117 Å². The summed E-state index contributed by atoms with van der Waals surface area (Å²) in [5.74, 6) is -3.25. The highest BCUT2D eigenvalue weighted by Gasteiger charge is 2.24. The van der Waals surface area contributed by atoms with Gasteiger partial charge in [-0.25, -0.2) is 0 Å². The summed E-state index contributed by atoms with van der Waals surface area (Å²) in [4.78, 5) is 70.2. The highest BCUT2D eigenvalue weighted by atomic mass is 16.4. The second-order valence-corrected chi connectivity index (χ2v) is 10.8. The molecule has 0 aromatic rings. The van der Waals surface area contributed by atoms with E-state index >= 15 is 0 Å². The summed E-state index contributed by atoms with van der Waals surface area (Å²) in [6.07, 6.45) is 5.88. The smallest absolute Gasteiger partial charge is 0.303 e. The van der Waals surface area contributed by atoms with E-state index < -0.39 is 24.0 Å². The lowest BCUT2D eigenvalue weighted by Crippen LogP contribution is -2.49. The fourth-order valence-corrected chi connectivity index (χ4v) is 3.96. The van der Waals surface area contributed by atoms with E-state index in [4.69, 9.17) is 10.2 Å². The maximum Gasteiger partial charge on any atom is 0.303 e. The molecule has 0 heterocycles. The molecular weight excluding hydrogens is 520 g/mol. The Morgan fingerprint density at radius 2 is 0.825 bits per heavy atom. The Hall–Kier alpha value is -3.18. The summed E-state index contributed by atoms with van der Waals surface area (Å²) in [7, 11) is 0. The third kappa shape index (κ3) is 19.0. The molecule has 230 valence electrons. The molecule has 40 heavy (non-hydrogen) atoms. The first-order valence-corrected chi connectivity index (χ1v) is 14.4. The van der Waals surface area contributed by atoms with Gasteiger partial charge in [0.2, 0.25) is 23.6 Å². The molecular formula is C28H50N4O8. The number of aliphatic carboxylic acids is 2. The van der Waals surface area contributed by atoms with Crippen LogP contribution in [0.4, 0.5) is 0 Å². The Balaban J connectivity index is 4.06. The summed E-state index contributed by atoms with van der Waals surface area (Å²) < 4.78 is 0. The SMILES string of the molecule is CC(C)[C@H](NC(=O)CCCC(=O)O)C(=O)NCCCCCCCCNC(=O)[C@@H](NC(=O)CCCC(=O)O)C(C)C. The Morgan fingerprint density at radius 3 is 1.12 bits per heavy atom. The van der Waals surface area contributed by atoms with Gasteiger partial charge in [0.1, 0.15) is 12.1 Å². The predicted molar refractivity (Wildman–Crippen MR) is 150 cm³/mol. The Kier molecular flexibility index (Phi) is 19.9. The molecule has 0 radical (unpaired) electrons. The van der Waals surface area contributed by atoms with Gasteiger partial charge < -0.3 is 31.5 Å². The number of hydrogen-bond donors (Lipinski definition) is 6. The maximum absolute atomic E-state index is 12.5. The number of hydrogen-bond acceptors (Lipinski definition) is 6. The first kappa shape index (κ1) is 36.8. The van der Waals surface area contributed by atoms with E-state index in [9.17, 15) is 28.8 Å². The van der Waals surface area contributed by atoms with Crippen LogP contribution in [0.15, 0.2) is 0 Å². The second kappa shape index (κ2) is 21.6. The summed E-state index contributed by atoms with van der Waals surface area (Å²) in [5.41, 5.74) is 0. The number of nitrogens with one attached hydrogen (secondary N) is 4. The lowest BCUT2D eigenvalue weighted by molar-refractivity contribution is -0.138. The van der Waals surface area contributed by atoms with Crippen LogP contribution in [0.2, 0.25) is 0 Å². The van der Waals surface area contributed by atoms with Gasteiger partial charge in [0, 0.05) is 38.8 Å². The first-order chi connectivity index (χ1) is 18.8. The number of rotatable bonds is 23. The van der Waals surface area contributed by atoms with Crippen molar-refractivity contribution in [1.82, 2.24) is 21.3 Å². The number of unbranched alkanes of at least 4 members (excludes halogenated alkanes) is 5. The fraction of sp³-hybridized carbons (Fsp3) is 0.786. The average Bonchev–Trinajstić information content (AvgIpc) is 2.85. The highest BCUT2D eigenvalue weighted by Crippen LogP contribution is 2.08. The number of carbonyl (C=O) groups excluding carboxylic acids is 4. The van der Waals surface area contributed by atoms with E-state index in [-0.39, 0.29) is 74.0 Å². The number of carboxylic acid groups (broad SMARTS) is 2. The van der Waals surface area contributed by atoms with Gasteiger partial charge in [0.25, 0.3) is 0 Å². The lowest BCUT2D eigenvalue weighted by atomic mass is 10.0. The fourth-order valence-electron chi connectivity index (χ4n) is 3.96. The third-order valence-corrected chi connectivity index (χ3v) is 6.32. The molecule has 12 heteroatoms. The van der Waals surface area contributed by atoms with Crippen molar-refractivity contribution < 1.29 is 39.0 Å². The van der Waals surface area contributed by atoms with E-state index in [2.05, 4.69) is 21.3 Å².